The molecule has 0 aromatic heterocycles. The molecule has 0 N–H and O–H groups in total. The minimum Gasteiger partial charge on any atom is -0.298 e. The van der Waals surface area contributed by atoms with Gasteiger partial charge in [-0.1, -0.05) is 26.2 Å². The summed E-state index contributed by atoms with van der Waals surface area (Å²) in [5.41, 5.74) is 0. The van der Waals surface area contributed by atoms with Crippen LogP contribution in [0.5, 0.6) is 0 Å². The molecule has 0 saturated carbocycles. The van der Waals surface area contributed by atoms with Gasteiger partial charge in [0.15, 0.2) is 0 Å². The number of rotatable bonds is 5. The topological polar surface area (TPSA) is 12.4 Å². The zero-order valence-electron chi connectivity index (χ0n) is 6.56. The predicted octanol–water partition coefficient (Wildman–Crippen LogP) is 2.66. The number of hydrogen-bond acceptors (Lipinski definition) is 1. The zero-order chi connectivity index (χ0) is 7.11. The van der Waals surface area contributed by atoms with Crippen LogP contribution in [-0.4, -0.2) is 12.8 Å². The van der Waals surface area contributed by atoms with Crippen LogP contribution in [0.4, 0.5) is 0 Å². The number of nitrogens with zero attached hydrogens (tertiary/aromatic N) is 1. The van der Waals surface area contributed by atoms with Crippen molar-refractivity contribution in [3.8, 4) is 0 Å². The van der Waals surface area contributed by atoms with Crippen molar-refractivity contribution in [1.82, 2.24) is 0 Å². The van der Waals surface area contributed by atoms with Crippen LogP contribution in [0.3, 0.4) is 0 Å². The fourth-order valence-corrected chi connectivity index (χ4v) is 0.781. The van der Waals surface area contributed by atoms with E-state index in [2.05, 4.69) is 25.6 Å². The van der Waals surface area contributed by atoms with Crippen molar-refractivity contribution in [3.05, 3.63) is 0 Å². The van der Waals surface area contributed by atoms with Crippen LogP contribution < -0.4 is 0 Å². The van der Waals surface area contributed by atoms with Crippen molar-refractivity contribution in [3.63, 3.8) is 0 Å². The van der Waals surface area contributed by atoms with Crippen molar-refractivity contribution in [2.75, 3.05) is 0 Å². The summed E-state index contributed by atoms with van der Waals surface area (Å²) in [4.78, 5) is 3.91. The number of hydrogen-bond donors (Lipinski definition) is 0. The third-order valence-electron chi connectivity index (χ3n) is 1.54. The summed E-state index contributed by atoms with van der Waals surface area (Å²) >= 11 is 0. The van der Waals surface area contributed by atoms with E-state index in [0.29, 0.717) is 6.04 Å². The molecule has 0 heterocycles. The predicted molar refractivity (Wildman–Crippen MR) is 43.2 cm³/mol. The molecule has 0 spiro atoms. The van der Waals surface area contributed by atoms with Crippen LogP contribution in [0.25, 0.3) is 0 Å². The maximum atomic E-state index is 3.91. The lowest BCUT2D eigenvalue weighted by atomic mass is 10.1. The number of unbranched alkanes of at least 4 members (excludes halogenated alkanes) is 2. The lowest BCUT2D eigenvalue weighted by molar-refractivity contribution is 0.596. The zero-order valence-corrected chi connectivity index (χ0v) is 6.56. The molecule has 1 heteroatoms. The van der Waals surface area contributed by atoms with Gasteiger partial charge in [-0.3, -0.25) is 4.99 Å². The Bertz CT molecular complexity index is 69.0. The fraction of sp³-hybridized carbons (Fsp3) is 0.875. The largest absolute Gasteiger partial charge is 0.298 e. The lowest BCUT2D eigenvalue weighted by Gasteiger charge is -2.02. The van der Waals surface area contributed by atoms with Gasteiger partial charge in [-0.25, -0.2) is 0 Å². The van der Waals surface area contributed by atoms with E-state index in [9.17, 15) is 0 Å². The molecule has 0 radical (unpaired) electrons. The van der Waals surface area contributed by atoms with Crippen LogP contribution >= 0.6 is 0 Å². The third-order valence-corrected chi connectivity index (χ3v) is 1.54. The van der Waals surface area contributed by atoms with Gasteiger partial charge in [0.05, 0.1) is 0 Å². The first-order valence-corrected chi connectivity index (χ1v) is 3.77. The van der Waals surface area contributed by atoms with E-state index in [1.165, 1.54) is 25.7 Å². The maximum absolute atomic E-state index is 3.91. The molecule has 0 aromatic rings. The average Bonchev–Trinajstić information content (AvgIpc) is 1.89. The SMILES string of the molecule is C=N[C@@H](C)CCCCC. The second-order valence-electron chi connectivity index (χ2n) is 2.53. The van der Waals surface area contributed by atoms with Crippen LogP contribution in [0.15, 0.2) is 4.99 Å². The first-order valence-electron chi connectivity index (χ1n) is 3.77. The molecule has 0 unspecified atom stereocenters. The summed E-state index contributed by atoms with van der Waals surface area (Å²) in [5, 5.41) is 0. The normalized spacial score (nSPS) is 13.1. The lowest BCUT2D eigenvalue weighted by Crippen LogP contribution is -1.95. The van der Waals surface area contributed by atoms with Crippen LogP contribution in [0.2, 0.25) is 0 Å². The highest BCUT2D eigenvalue weighted by molar-refractivity contribution is 5.23. The highest BCUT2D eigenvalue weighted by atomic mass is 14.7. The van der Waals surface area contributed by atoms with Gasteiger partial charge in [-0.05, 0) is 20.1 Å². The second kappa shape index (κ2) is 5.80. The molecule has 0 aliphatic carbocycles. The smallest absolute Gasteiger partial charge is 0.0464 e. The van der Waals surface area contributed by atoms with E-state index in [0.717, 1.165) is 0 Å². The summed E-state index contributed by atoms with van der Waals surface area (Å²) in [6, 6.07) is 0.469. The molecule has 54 valence electrons. The van der Waals surface area contributed by atoms with E-state index in [1.54, 1.807) is 0 Å². The maximum Gasteiger partial charge on any atom is 0.0464 e. The second-order valence-corrected chi connectivity index (χ2v) is 2.53. The van der Waals surface area contributed by atoms with E-state index >= 15 is 0 Å². The Morgan fingerprint density at radius 3 is 2.56 bits per heavy atom. The molecule has 0 amide bonds. The molecule has 0 aliphatic rings. The van der Waals surface area contributed by atoms with Gasteiger partial charge >= 0.3 is 0 Å². The summed E-state index contributed by atoms with van der Waals surface area (Å²) in [6.45, 7) is 7.82. The van der Waals surface area contributed by atoms with Gasteiger partial charge in [0, 0.05) is 6.04 Å². The quantitative estimate of drug-likeness (QED) is 0.397. The highest BCUT2D eigenvalue weighted by Gasteiger charge is 1.94. The first-order chi connectivity index (χ1) is 4.31. The fourth-order valence-electron chi connectivity index (χ4n) is 0.781. The Balaban J connectivity index is 2.96. The Hall–Kier alpha value is -0.330. The van der Waals surface area contributed by atoms with Crippen molar-refractivity contribution in [2.24, 2.45) is 4.99 Å². The Morgan fingerprint density at radius 2 is 2.11 bits per heavy atom. The van der Waals surface area contributed by atoms with Crippen molar-refractivity contribution in [2.45, 2.75) is 45.6 Å². The molecule has 0 rings (SSSR count). The summed E-state index contributed by atoms with van der Waals surface area (Å²) in [5.74, 6) is 0. The molecule has 9 heavy (non-hydrogen) atoms. The van der Waals surface area contributed by atoms with Gasteiger partial charge in [-0.2, -0.15) is 0 Å². The summed E-state index contributed by atoms with van der Waals surface area (Å²) in [6.07, 6.45) is 5.14. The highest BCUT2D eigenvalue weighted by Crippen LogP contribution is 2.04. The Kier molecular flexibility index (Phi) is 5.59. The third kappa shape index (κ3) is 5.54. The van der Waals surface area contributed by atoms with Crippen LogP contribution in [-0.2, 0) is 0 Å². The van der Waals surface area contributed by atoms with E-state index in [1.807, 2.05) is 0 Å². The summed E-state index contributed by atoms with van der Waals surface area (Å²) in [7, 11) is 0. The monoisotopic (exact) mass is 127 g/mol. The van der Waals surface area contributed by atoms with Gasteiger partial charge in [0.25, 0.3) is 0 Å². The van der Waals surface area contributed by atoms with E-state index in [4.69, 9.17) is 0 Å². The molecule has 0 saturated heterocycles. The molecule has 0 aliphatic heterocycles. The molecule has 0 fully saturated rings. The number of aliphatic imine (C=N–C) groups is 1. The van der Waals surface area contributed by atoms with Crippen LogP contribution in [0.1, 0.15) is 39.5 Å². The van der Waals surface area contributed by atoms with Crippen molar-refractivity contribution in [1.29, 1.82) is 0 Å². The van der Waals surface area contributed by atoms with E-state index < -0.39 is 0 Å². The molecular formula is C8H17N. The Morgan fingerprint density at radius 1 is 1.44 bits per heavy atom. The van der Waals surface area contributed by atoms with Crippen LogP contribution in [0, 0.1) is 0 Å². The van der Waals surface area contributed by atoms with Crippen molar-refractivity contribution < 1.29 is 0 Å². The summed E-state index contributed by atoms with van der Waals surface area (Å²) < 4.78 is 0. The minimum atomic E-state index is 0.469. The van der Waals surface area contributed by atoms with Gasteiger partial charge in [0.2, 0.25) is 0 Å². The average molecular weight is 127 g/mol. The van der Waals surface area contributed by atoms with Crippen molar-refractivity contribution >= 4 is 6.72 Å². The molecule has 0 bridgehead atoms. The van der Waals surface area contributed by atoms with Gasteiger partial charge in [0.1, 0.15) is 0 Å². The minimum absolute atomic E-state index is 0.469. The Labute approximate surface area is 58.2 Å². The molecular weight excluding hydrogens is 110 g/mol. The standard InChI is InChI=1S/C8H17N/c1-4-5-6-7-8(2)9-3/h8H,3-7H2,1-2H3/t8-/m0/s1. The molecule has 0 aromatic carbocycles. The molecule has 1 nitrogen and oxygen atoms in total. The van der Waals surface area contributed by atoms with Gasteiger partial charge < -0.3 is 0 Å². The molecule has 1 atom stereocenters. The van der Waals surface area contributed by atoms with E-state index in [-0.39, 0.29) is 0 Å². The van der Waals surface area contributed by atoms with Gasteiger partial charge in [-0.15, -0.1) is 0 Å². The first kappa shape index (κ1) is 8.67.